The van der Waals surface area contributed by atoms with Gasteiger partial charge < -0.3 is 21.3 Å². The Morgan fingerprint density at radius 2 is 0.658 bits per heavy atom. The number of carbonyl (C=O) groups is 2. The minimum absolute atomic E-state index is 0. The van der Waals surface area contributed by atoms with Crippen molar-refractivity contribution in [2.75, 3.05) is 39.3 Å². The molecule has 4 N–H and O–H groups in total. The maximum Gasteiger partial charge on any atom is 0.220 e. The molecule has 230 valence electrons. The predicted molar refractivity (Wildman–Crippen MR) is 176 cm³/mol. The van der Waals surface area contributed by atoms with Crippen LogP contribution in [0.25, 0.3) is 0 Å². The summed E-state index contributed by atoms with van der Waals surface area (Å²) >= 11 is 0. The molecule has 38 heavy (non-hydrogen) atoms. The maximum atomic E-state index is 11.9. The Bertz CT molecular complexity index is 443. The van der Waals surface area contributed by atoms with E-state index in [2.05, 4.69) is 35.1 Å². The Morgan fingerprint density at radius 1 is 0.395 bits per heavy atom. The molecule has 0 fully saturated rings. The molecular weight excluding hydrogens is 608 g/mol. The van der Waals surface area contributed by atoms with Gasteiger partial charge in [0.05, 0.1) is 0 Å². The van der Waals surface area contributed by atoms with Crippen LogP contribution in [0.2, 0.25) is 0 Å². The molecule has 8 heteroatoms. The van der Waals surface area contributed by atoms with Gasteiger partial charge in [-0.15, -0.1) is 34.0 Å². The Balaban J connectivity index is -0.00000612. The quantitative estimate of drug-likeness (QED) is 0.0625. The van der Waals surface area contributed by atoms with Crippen molar-refractivity contribution in [3.05, 3.63) is 0 Å². The van der Waals surface area contributed by atoms with Crippen molar-refractivity contribution in [1.29, 1.82) is 0 Å². The van der Waals surface area contributed by atoms with Crippen molar-refractivity contribution in [2.45, 2.75) is 142 Å². The normalized spacial score (nSPS) is 10.5. The Hall–Kier alpha value is -0.180. The van der Waals surface area contributed by atoms with Gasteiger partial charge >= 0.3 is 0 Å². The van der Waals surface area contributed by atoms with Crippen LogP contribution in [-0.2, 0) is 9.59 Å². The van der Waals surface area contributed by atoms with Gasteiger partial charge in [0.2, 0.25) is 11.8 Å². The van der Waals surface area contributed by atoms with Gasteiger partial charge in [-0.05, 0) is 12.8 Å². The van der Waals surface area contributed by atoms with E-state index in [1.54, 1.807) is 0 Å². The smallest absolute Gasteiger partial charge is 0.220 e. The second-order valence-electron chi connectivity index (χ2n) is 10.4. The molecule has 6 nitrogen and oxygen atoms in total. The highest BCUT2D eigenvalue weighted by molar-refractivity contribution is 8.93. The van der Waals surface area contributed by atoms with E-state index in [4.69, 9.17) is 0 Å². The molecule has 0 rings (SSSR count). The Kier molecular flexibility index (Phi) is 41.0. The van der Waals surface area contributed by atoms with Gasteiger partial charge in [-0.1, -0.05) is 117 Å². The Morgan fingerprint density at radius 3 is 0.974 bits per heavy atom. The lowest BCUT2D eigenvalue weighted by molar-refractivity contribution is -0.122. The molecule has 0 atom stereocenters. The predicted octanol–water partition coefficient (Wildman–Crippen LogP) is 7.40. The van der Waals surface area contributed by atoms with E-state index in [0.717, 1.165) is 39.0 Å². The van der Waals surface area contributed by atoms with Gasteiger partial charge in [0.25, 0.3) is 0 Å². The highest BCUT2D eigenvalue weighted by Gasteiger charge is 2.02. The summed E-state index contributed by atoms with van der Waals surface area (Å²) < 4.78 is 0. The second-order valence-corrected chi connectivity index (χ2v) is 10.4. The van der Waals surface area contributed by atoms with Crippen molar-refractivity contribution in [1.82, 2.24) is 21.3 Å². The van der Waals surface area contributed by atoms with Crippen LogP contribution in [0.1, 0.15) is 142 Å². The van der Waals surface area contributed by atoms with Crippen LogP contribution in [0.4, 0.5) is 0 Å². The van der Waals surface area contributed by atoms with Gasteiger partial charge in [0.15, 0.2) is 0 Å². The van der Waals surface area contributed by atoms with E-state index in [0.29, 0.717) is 25.9 Å². The summed E-state index contributed by atoms with van der Waals surface area (Å²) in [4.78, 5) is 23.8. The molecule has 0 unspecified atom stereocenters. The molecule has 0 aromatic carbocycles. The van der Waals surface area contributed by atoms with E-state index in [1.165, 1.54) is 103 Å². The first-order chi connectivity index (χ1) is 17.7. The zero-order chi connectivity index (χ0) is 26.4. The summed E-state index contributed by atoms with van der Waals surface area (Å²) in [6.07, 6.45) is 24.3. The molecule has 0 aromatic heterocycles. The van der Waals surface area contributed by atoms with Gasteiger partial charge in [0, 0.05) is 52.1 Å². The second kappa shape index (κ2) is 36.8. The fourth-order valence-electron chi connectivity index (χ4n) is 4.38. The SMILES string of the molecule is Br.Br.CCCCCCCCCCCC(=O)NCCNCCNCCNC(=O)CCCCCCCCCCC. The van der Waals surface area contributed by atoms with Crippen LogP contribution in [0, 0.1) is 0 Å². The number of nitrogens with one attached hydrogen (secondary N) is 4. The average molecular weight is 673 g/mol. The Labute approximate surface area is 257 Å². The highest BCUT2D eigenvalue weighted by atomic mass is 79.9. The van der Waals surface area contributed by atoms with Crippen molar-refractivity contribution >= 4 is 45.8 Å². The topological polar surface area (TPSA) is 82.3 Å². The van der Waals surface area contributed by atoms with Crippen molar-refractivity contribution in [3.8, 4) is 0 Å². The number of amides is 2. The first-order valence-corrected chi connectivity index (χ1v) is 15.7. The number of hydrogen-bond donors (Lipinski definition) is 4. The fraction of sp³-hybridized carbons (Fsp3) is 0.933. The lowest BCUT2D eigenvalue weighted by Crippen LogP contribution is -2.37. The molecule has 0 aromatic rings. The first kappa shape index (κ1) is 42.3. The number of rotatable bonds is 29. The molecule has 0 aliphatic heterocycles. The number of halogens is 2. The molecule has 0 saturated heterocycles. The molecule has 0 saturated carbocycles. The van der Waals surface area contributed by atoms with Crippen LogP contribution in [0.15, 0.2) is 0 Å². The lowest BCUT2D eigenvalue weighted by Gasteiger charge is -2.09. The zero-order valence-electron chi connectivity index (χ0n) is 25.0. The third-order valence-electron chi connectivity index (χ3n) is 6.74. The summed E-state index contributed by atoms with van der Waals surface area (Å²) in [5, 5.41) is 12.7. The minimum Gasteiger partial charge on any atom is -0.355 e. The fourth-order valence-corrected chi connectivity index (χ4v) is 4.38. The van der Waals surface area contributed by atoms with Gasteiger partial charge in [-0.2, -0.15) is 0 Å². The van der Waals surface area contributed by atoms with E-state index >= 15 is 0 Å². The first-order valence-electron chi connectivity index (χ1n) is 15.7. The molecule has 2 amide bonds. The third-order valence-corrected chi connectivity index (χ3v) is 6.74. The van der Waals surface area contributed by atoms with E-state index in [1.807, 2.05) is 0 Å². The monoisotopic (exact) mass is 670 g/mol. The number of carbonyl (C=O) groups excluding carboxylic acids is 2. The summed E-state index contributed by atoms with van der Waals surface area (Å²) in [6.45, 7) is 9.19. The number of hydrogen-bond acceptors (Lipinski definition) is 4. The van der Waals surface area contributed by atoms with E-state index in [9.17, 15) is 9.59 Å². The van der Waals surface area contributed by atoms with Crippen LogP contribution >= 0.6 is 34.0 Å². The van der Waals surface area contributed by atoms with Crippen LogP contribution in [0.5, 0.6) is 0 Å². The van der Waals surface area contributed by atoms with E-state index < -0.39 is 0 Å². The van der Waals surface area contributed by atoms with E-state index in [-0.39, 0.29) is 45.8 Å². The summed E-state index contributed by atoms with van der Waals surface area (Å²) in [7, 11) is 0. The van der Waals surface area contributed by atoms with Crippen LogP contribution in [-0.4, -0.2) is 51.1 Å². The molecule has 0 spiro atoms. The molecule has 0 aliphatic carbocycles. The van der Waals surface area contributed by atoms with Crippen molar-refractivity contribution < 1.29 is 9.59 Å². The van der Waals surface area contributed by atoms with Crippen molar-refractivity contribution in [3.63, 3.8) is 0 Å². The van der Waals surface area contributed by atoms with Gasteiger partial charge in [-0.25, -0.2) is 0 Å². The highest BCUT2D eigenvalue weighted by Crippen LogP contribution is 2.11. The maximum absolute atomic E-state index is 11.9. The number of unbranched alkanes of at least 4 members (excludes halogenated alkanes) is 16. The summed E-state index contributed by atoms with van der Waals surface area (Å²) in [5.41, 5.74) is 0. The van der Waals surface area contributed by atoms with Crippen LogP contribution in [0.3, 0.4) is 0 Å². The van der Waals surface area contributed by atoms with Gasteiger partial charge in [-0.3, -0.25) is 9.59 Å². The largest absolute Gasteiger partial charge is 0.355 e. The molecular formula is C30H64Br2N4O2. The molecule has 0 bridgehead atoms. The van der Waals surface area contributed by atoms with Crippen LogP contribution < -0.4 is 21.3 Å². The standard InChI is InChI=1S/C30H62N4O2.2BrH/c1-3-5-7-9-11-13-15-17-19-21-29(35)33-27-25-31-23-24-32-26-28-34-30(36)22-20-18-16-14-12-10-8-6-4-2;;/h31-32H,3-28H2,1-2H3,(H,33,35)(H,34,36);2*1H. The summed E-state index contributed by atoms with van der Waals surface area (Å²) in [6, 6.07) is 0. The molecule has 0 heterocycles. The minimum atomic E-state index is 0. The third kappa shape index (κ3) is 35.8. The zero-order valence-corrected chi connectivity index (χ0v) is 28.4. The van der Waals surface area contributed by atoms with Crippen molar-refractivity contribution in [2.24, 2.45) is 0 Å². The lowest BCUT2D eigenvalue weighted by atomic mass is 10.1. The summed E-state index contributed by atoms with van der Waals surface area (Å²) in [5.74, 6) is 0.354. The molecule has 0 aliphatic rings. The van der Waals surface area contributed by atoms with Gasteiger partial charge in [0.1, 0.15) is 0 Å². The molecule has 0 radical (unpaired) electrons. The average Bonchev–Trinajstić information content (AvgIpc) is 2.87.